The topological polar surface area (TPSA) is 69.4 Å². The van der Waals surface area contributed by atoms with Crippen LogP contribution in [0.2, 0.25) is 0 Å². The van der Waals surface area contributed by atoms with Crippen molar-refractivity contribution in [3.63, 3.8) is 0 Å². The summed E-state index contributed by atoms with van der Waals surface area (Å²) in [6, 6.07) is 2.10. The molecule has 0 aliphatic heterocycles. The summed E-state index contributed by atoms with van der Waals surface area (Å²) < 4.78 is 39.7. The molecule has 7 heteroatoms. The van der Waals surface area contributed by atoms with Gasteiger partial charge in [0.15, 0.2) is 11.6 Å². The first kappa shape index (κ1) is 11.4. The smallest absolute Gasteiger partial charge is 0.238 e. The molecule has 0 amide bonds. The summed E-state index contributed by atoms with van der Waals surface area (Å²) in [4.78, 5) is -0.206. The molecule has 0 aliphatic rings. The molecule has 0 fully saturated rings. The zero-order valence-corrected chi connectivity index (χ0v) is 9.52. The number of hydrogen-bond donors (Lipinski definition) is 1. The molecule has 4 nitrogen and oxygen atoms in total. The first-order valence-corrected chi connectivity index (χ1v) is 5.76. The van der Waals surface area contributed by atoms with E-state index >= 15 is 0 Å². The summed E-state index contributed by atoms with van der Waals surface area (Å²) in [5.74, 6) is -0.844. The van der Waals surface area contributed by atoms with Crippen LogP contribution < -0.4 is 9.88 Å². The lowest BCUT2D eigenvalue weighted by Gasteiger charge is -2.05. The number of benzene rings is 1. The fraction of sp³-hybridized carbons (Fsp3) is 0.143. The summed E-state index contributed by atoms with van der Waals surface area (Å²) in [6.07, 6.45) is 0. The molecule has 0 bridgehead atoms. The van der Waals surface area contributed by atoms with Crippen LogP contribution in [0.5, 0.6) is 5.75 Å². The van der Waals surface area contributed by atoms with E-state index in [4.69, 9.17) is 5.14 Å². The van der Waals surface area contributed by atoms with Crippen LogP contribution >= 0.6 is 15.9 Å². The minimum absolute atomic E-state index is 0.0131. The van der Waals surface area contributed by atoms with Gasteiger partial charge in [-0.25, -0.2) is 17.9 Å². The van der Waals surface area contributed by atoms with Crippen molar-refractivity contribution in [1.29, 1.82) is 0 Å². The minimum Gasteiger partial charge on any atom is -0.494 e. The lowest BCUT2D eigenvalue weighted by atomic mass is 10.3. The molecule has 1 aromatic rings. The van der Waals surface area contributed by atoms with Gasteiger partial charge in [0, 0.05) is 6.07 Å². The van der Waals surface area contributed by atoms with Gasteiger partial charge in [-0.2, -0.15) is 0 Å². The first-order valence-electron chi connectivity index (χ1n) is 3.42. The van der Waals surface area contributed by atoms with Crippen LogP contribution in [-0.2, 0) is 10.0 Å². The molecular weight excluding hydrogens is 277 g/mol. The molecule has 0 atom stereocenters. The fourth-order valence-corrected chi connectivity index (χ4v) is 2.00. The van der Waals surface area contributed by atoms with E-state index < -0.39 is 15.8 Å². The zero-order valence-electron chi connectivity index (χ0n) is 7.12. The van der Waals surface area contributed by atoms with Crippen LogP contribution in [0.15, 0.2) is 21.5 Å². The van der Waals surface area contributed by atoms with Crippen molar-refractivity contribution in [1.82, 2.24) is 0 Å². The van der Waals surface area contributed by atoms with Crippen LogP contribution in [-0.4, -0.2) is 15.5 Å². The maximum Gasteiger partial charge on any atom is 0.238 e. The zero-order chi connectivity index (χ0) is 10.9. The van der Waals surface area contributed by atoms with Gasteiger partial charge in [0.1, 0.15) is 0 Å². The summed E-state index contributed by atoms with van der Waals surface area (Å²) in [7, 11) is -2.62. The Morgan fingerprint density at radius 1 is 1.50 bits per heavy atom. The summed E-state index contributed by atoms with van der Waals surface area (Å²) in [5, 5.41) is 4.87. The van der Waals surface area contributed by atoms with Crippen LogP contribution in [0, 0.1) is 5.82 Å². The highest BCUT2D eigenvalue weighted by atomic mass is 79.9. The molecule has 0 aromatic heterocycles. The molecule has 0 radical (unpaired) electrons. The highest BCUT2D eigenvalue weighted by molar-refractivity contribution is 9.10. The molecule has 0 saturated heterocycles. The molecule has 14 heavy (non-hydrogen) atoms. The Morgan fingerprint density at radius 2 is 2.07 bits per heavy atom. The monoisotopic (exact) mass is 283 g/mol. The second-order valence-corrected chi connectivity index (χ2v) is 4.88. The molecule has 0 spiro atoms. The summed E-state index contributed by atoms with van der Waals surface area (Å²) in [5.41, 5.74) is 0. The number of hydrogen-bond acceptors (Lipinski definition) is 3. The van der Waals surface area contributed by atoms with Crippen molar-refractivity contribution < 1.29 is 17.5 Å². The van der Waals surface area contributed by atoms with Gasteiger partial charge in [-0.05, 0) is 22.0 Å². The van der Waals surface area contributed by atoms with Crippen LogP contribution in [0.1, 0.15) is 0 Å². The Bertz CT molecular complexity index is 460. The predicted molar refractivity (Wildman–Crippen MR) is 52.0 cm³/mol. The van der Waals surface area contributed by atoms with Gasteiger partial charge < -0.3 is 4.74 Å². The van der Waals surface area contributed by atoms with E-state index in [1.165, 1.54) is 7.11 Å². The van der Waals surface area contributed by atoms with Crippen molar-refractivity contribution in [3.05, 3.63) is 22.4 Å². The van der Waals surface area contributed by atoms with Gasteiger partial charge in [-0.3, -0.25) is 0 Å². The fourth-order valence-electron chi connectivity index (χ4n) is 0.853. The second kappa shape index (κ2) is 3.84. The second-order valence-electron chi connectivity index (χ2n) is 2.47. The molecule has 2 N–H and O–H groups in total. The van der Waals surface area contributed by atoms with Gasteiger partial charge >= 0.3 is 0 Å². The van der Waals surface area contributed by atoms with Crippen molar-refractivity contribution in [2.24, 2.45) is 5.14 Å². The van der Waals surface area contributed by atoms with E-state index in [9.17, 15) is 12.8 Å². The third kappa shape index (κ3) is 2.23. The van der Waals surface area contributed by atoms with Gasteiger partial charge in [-0.1, -0.05) is 0 Å². The Labute approximate surface area is 89.0 Å². The van der Waals surface area contributed by atoms with Crippen LogP contribution in [0.3, 0.4) is 0 Å². The molecule has 0 saturated carbocycles. The lowest BCUT2D eigenvalue weighted by Crippen LogP contribution is -2.12. The van der Waals surface area contributed by atoms with Crippen molar-refractivity contribution in [2.45, 2.75) is 4.90 Å². The molecule has 0 unspecified atom stereocenters. The summed E-state index contributed by atoms with van der Waals surface area (Å²) >= 11 is 2.86. The number of ether oxygens (including phenoxy) is 1. The third-order valence-corrected chi connectivity index (χ3v) is 2.99. The van der Waals surface area contributed by atoms with Gasteiger partial charge in [0.2, 0.25) is 10.0 Å². The molecule has 1 rings (SSSR count). The number of methoxy groups -OCH3 is 1. The largest absolute Gasteiger partial charge is 0.494 e. The predicted octanol–water partition coefficient (Wildman–Crippen LogP) is 1.24. The SMILES string of the molecule is COc1cc(S(N)(=O)=O)cc(Br)c1F. The van der Waals surface area contributed by atoms with Gasteiger partial charge in [-0.15, -0.1) is 0 Å². The van der Waals surface area contributed by atoms with E-state index in [0.29, 0.717) is 0 Å². The highest BCUT2D eigenvalue weighted by Crippen LogP contribution is 2.28. The Morgan fingerprint density at radius 3 is 2.50 bits per heavy atom. The summed E-state index contributed by atoms with van der Waals surface area (Å²) in [6.45, 7) is 0. The number of halogens is 2. The molecule has 0 aliphatic carbocycles. The quantitative estimate of drug-likeness (QED) is 0.888. The number of sulfonamides is 1. The van der Waals surface area contributed by atoms with E-state index in [1.54, 1.807) is 0 Å². The standard InChI is InChI=1S/C7H7BrFNO3S/c1-13-6-3-4(14(10,11)12)2-5(8)7(6)9/h2-3H,1H3,(H2,10,11,12). The van der Waals surface area contributed by atoms with Crippen molar-refractivity contribution >= 4 is 26.0 Å². The van der Waals surface area contributed by atoms with E-state index in [0.717, 1.165) is 12.1 Å². The Kier molecular flexibility index (Phi) is 3.13. The number of rotatable bonds is 2. The average molecular weight is 284 g/mol. The van der Waals surface area contributed by atoms with Crippen molar-refractivity contribution in [3.8, 4) is 5.75 Å². The van der Waals surface area contributed by atoms with E-state index in [1.807, 2.05) is 0 Å². The molecule has 78 valence electrons. The van der Waals surface area contributed by atoms with Crippen molar-refractivity contribution in [2.75, 3.05) is 7.11 Å². The number of primary sulfonamides is 1. The molecule has 1 aromatic carbocycles. The lowest BCUT2D eigenvalue weighted by molar-refractivity contribution is 0.383. The van der Waals surface area contributed by atoms with Crippen LogP contribution in [0.25, 0.3) is 0 Å². The van der Waals surface area contributed by atoms with E-state index in [-0.39, 0.29) is 15.1 Å². The number of nitrogens with two attached hydrogens (primary N) is 1. The Hall–Kier alpha value is -0.660. The normalized spacial score (nSPS) is 11.4. The minimum atomic E-state index is -3.85. The first-order chi connectivity index (χ1) is 6.36. The maximum atomic E-state index is 13.2. The third-order valence-electron chi connectivity index (χ3n) is 1.52. The van der Waals surface area contributed by atoms with Crippen LogP contribution in [0.4, 0.5) is 4.39 Å². The molecular formula is C7H7BrFNO3S. The Balaban J connectivity index is 3.46. The van der Waals surface area contributed by atoms with Gasteiger partial charge in [0.05, 0.1) is 16.5 Å². The average Bonchev–Trinajstić information content (AvgIpc) is 2.07. The highest BCUT2D eigenvalue weighted by Gasteiger charge is 2.15. The maximum absolute atomic E-state index is 13.2. The van der Waals surface area contributed by atoms with E-state index in [2.05, 4.69) is 20.7 Å². The molecule has 0 heterocycles. The van der Waals surface area contributed by atoms with Gasteiger partial charge in [0.25, 0.3) is 0 Å².